The van der Waals surface area contributed by atoms with E-state index in [2.05, 4.69) is 11.9 Å². The fourth-order valence-corrected chi connectivity index (χ4v) is 1.27. The largest absolute Gasteiger partial charge is 0.373 e. The van der Waals surface area contributed by atoms with Crippen LogP contribution in [0.2, 0.25) is 0 Å². The smallest absolute Gasteiger partial charge is 0.0958 e. The first kappa shape index (κ1) is 10.7. The predicted molar refractivity (Wildman–Crippen MR) is 52.8 cm³/mol. The van der Waals surface area contributed by atoms with Crippen molar-refractivity contribution < 1.29 is 9.47 Å². The molecule has 0 aliphatic carbocycles. The summed E-state index contributed by atoms with van der Waals surface area (Å²) in [5, 5.41) is 3.28. The van der Waals surface area contributed by atoms with Gasteiger partial charge in [-0.2, -0.15) is 0 Å². The van der Waals surface area contributed by atoms with E-state index in [9.17, 15) is 0 Å². The van der Waals surface area contributed by atoms with E-state index < -0.39 is 0 Å². The Morgan fingerprint density at radius 1 is 1.77 bits per heavy atom. The molecule has 0 aromatic carbocycles. The number of ether oxygens (including phenoxy) is 2. The van der Waals surface area contributed by atoms with Crippen molar-refractivity contribution in [2.75, 3.05) is 26.3 Å². The summed E-state index contributed by atoms with van der Waals surface area (Å²) in [5.41, 5.74) is 1.05. The Hall–Kier alpha value is -0.380. The first-order valence-electron chi connectivity index (χ1n) is 4.78. The lowest BCUT2D eigenvalue weighted by Gasteiger charge is -2.28. The van der Waals surface area contributed by atoms with Crippen LogP contribution in [-0.2, 0) is 9.47 Å². The molecule has 1 fully saturated rings. The van der Waals surface area contributed by atoms with Crippen LogP contribution in [0.4, 0.5) is 0 Å². The van der Waals surface area contributed by atoms with E-state index in [1.165, 1.54) is 0 Å². The number of rotatable bonds is 4. The summed E-state index contributed by atoms with van der Waals surface area (Å²) < 4.78 is 11.1. The van der Waals surface area contributed by atoms with Gasteiger partial charge in [-0.05, 0) is 13.8 Å². The van der Waals surface area contributed by atoms with Crippen LogP contribution in [0.5, 0.6) is 0 Å². The molecule has 0 aromatic heterocycles. The third-order valence-corrected chi connectivity index (χ3v) is 2.07. The maximum atomic E-state index is 5.58. The molecule has 1 N–H and O–H groups in total. The molecule has 0 aromatic rings. The number of hydrogen-bond donors (Lipinski definition) is 1. The van der Waals surface area contributed by atoms with Crippen molar-refractivity contribution in [3.63, 3.8) is 0 Å². The van der Waals surface area contributed by atoms with Gasteiger partial charge in [-0.3, -0.25) is 0 Å². The first-order valence-corrected chi connectivity index (χ1v) is 4.78. The van der Waals surface area contributed by atoms with Gasteiger partial charge in [0.05, 0.1) is 25.4 Å². The highest BCUT2D eigenvalue weighted by Crippen LogP contribution is 2.06. The van der Waals surface area contributed by atoms with Gasteiger partial charge in [-0.1, -0.05) is 12.2 Å². The molecule has 0 saturated carbocycles. The third kappa shape index (κ3) is 3.89. The van der Waals surface area contributed by atoms with E-state index in [1.54, 1.807) is 0 Å². The molecule has 13 heavy (non-hydrogen) atoms. The Morgan fingerprint density at radius 3 is 3.08 bits per heavy atom. The second-order valence-corrected chi connectivity index (χ2v) is 3.59. The molecule has 0 radical (unpaired) electrons. The molecule has 0 spiro atoms. The van der Waals surface area contributed by atoms with E-state index in [-0.39, 0.29) is 12.2 Å². The molecule has 1 heterocycles. The van der Waals surface area contributed by atoms with Crippen LogP contribution in [0.15, 0.2) is 12.2 Å². The first-order chi connectivity index (χ1) is 6.20. The lowest BCUT2D eigenvalue weighted by Crippen LogP contribution is -2.45. The maximum Gasteiger partial charge on any atom is 0.0958 e. The Labute approximate surface area is 80.1 Å². The lowest BCUT2D eigenvalue weighted by molar-refractivity contribution is -0.0708. The van der Waals surface area contributed by atoms with E-state index >= 15 is 0 Å². The quantitative estimate of drug-likeness (QED) is 0.662. The molecule has 1 saturated heterocycles. The molecule has 3 heteroatoms. The van der Waals surface area contributed by atoms with E-state index in [0.29, 0.717) is 6.61 Å². The fourth-order valence-electron chi connectivity index (χ4n) is 1.27. The molecule has 0 bridgehead atoms. The van der Waals surface area contributed by atoms with Gasteiger partial charge < -0.3 is 14.8 Å². The fraction of sp³-hybridized carbons (Fsp3) is 0.800. The molecule has 0 amide bonds. The average Bonchev–Trinajstić information content (AvgIpc) is 2.15. The van der Waals surface area contributed by atoms with Crippen LogP contribution in [0.25, 0.3) is 0 Å². The van der Waals surface area contributed by atoms with Gasteiger partial charge in [0.15, 0.2) is 0 Å². The maximum absolute atomic E-state index is 5.58. The summed E-state index contributed by atoms with van der Waals surface area (Å²) in [6.07, 6.45) is 0.331. The van der Waals surface area contributed by atoms with Crippen molar-refractivity contribution in [1.82, 2.24) is 5.32 Å². The second kappa shape index (κ2) is 5.37. The summed E-state index contributed by atoms with van der Waals surface area (Å²) in [6, 6.07) is 0. The highest BCUT2D eigenvalue weighted by Gasteiger charge is 2.20. The van der Waals surface area contributed by atoms with Crippen LogP contribution in [0.3, 0.4) is 0 Å². The summed E-state index contributed by atoms with van der Waals surface area (Å²) >= 11 is 0. The topological polar surface area (TPSA) is 30.5 Å². The highest BCUT2D eigenvalue weighted by molar-refractivity contribution is 4.88. The summed E-state index contributed by atoms with van der Waals surface area (Å²) in [5.74, 6) is 0. The minimum Gasteiger partial charge on any atom is -0.373 e. The number of morpholine rings is 1. The van der Waals surface area contributed by atoms with Gasteiger partial charge in [0, 0.05) is 13.1 Å². The van der Waals surface area contributed by atoms with Crippen molar-refractivity contribution in [2.45, 2.75) is 26.1 Å². The summed E-state index contributed by atoms with van der Waals surface area (Å²) in [7, 11) is 0. The van der Waals surface area contributed by atoms with Crippen LogP contribution < -0.4 is 5.32 Å². The zero-order valence-corrected chi connectivity index (χ0v) is 8.51. The zero-order valence-electron chi connectivity index (χ0n) is 8.51. The molecule has 76 valence electrons. The molecular weight excluding hydrogens is 166 g/mol. The predicted octanol–water partition coefficient (Wildman–Crippen LogP) is 0.956. The van der Waals surface area contributed by atoms with Gasteiger partial charge in [0.25, 0.3) is 0 Å². The lowest BCUT2D eigenvalue weighted by atomic mass is 10.2. The number of hydrogen-bond acceptors (Lipinski definition) is 3. The van der Waals surface area contributed by atoms with E-state index in [0.717, 1.165) is 25.3 Å². The van der Waals surface area contributed by atoms with Crippen molar-refractivity contribution in [3.05, 3.63) is 12.2 Å². The summed E-state index contributed by atoms with van der Waals surface area (Å²) in [4.78, 5) is 0. The monoisotopic (exact) mass is 185 g/mol. The molecule has 3 nitrogen and oxygen atoms in total. The van der Waals surface area contributed by atoms with Crippen LogP contribution in [0, 0.1) is 0 Å². The van der Waals surface area contributed by atoms with Crippen LogP contribution in [-0.4, -0.2) is 38.5 Å². The molecule has 1 aliphatic heterocycles. The summed E-state index contributed by atoms with van der Waals surface area (Å²) in [6.45, 7) is 11.0. The minimum absolute atomic E-state index is 0.143. The average molecular weight is 185 g/mol. The van der Waals surface area contributed by atoms with E-state index in [4.69, 9.17) is 9.47 Å². The Balaban J connectivity index is 2.20. The van der Waals surface area contributed by atoms with Gasteiger partial charge in [0.2, 0.25) is 0 Å². The van der Waals surface area contributed by atoms with Gasteiger partial charge in [-0.25, -0.2) is 0 Å². The molecule has 1 aliphatic rings. The molecule has 2 unspecified atom stereocenters. The Bertz CT molecular complexity index is 164. The molecule has 2 atom stereocenters. The normalized spacial score (nSPS) is 25.5. The second-order valence-electron chi connectivity index (χ2n) is 3.59. The molecule has 1 rings (SSSR count). The van der Waals surface area contributed by atoms with E-state index in [1.807, 2.05) is 13.8 Å². The van der Waals surface area contributed by atoms with Crippen LogP contribution in [0.1, 0.15) is 13.8 Å². The Kier molecular flexibility index (Phi) is 4.42. The zero-order chi connectivity index (χ0) is 9.68. The highest BCUT2D eigenvalue weighted by atomic mass is 16.5. The minimum atomic E-state index is 0.143. The van der Waals surface area contributed by atoms with Crippen molar-refractivity contribution in [1.29, 1.82) is 0 Å². The van der Waals surface area contributed by atoms with Crippen molar-refractivity contribution >= 4 is 0 Å². The van der Waals surface area contributed by atoms with Gasteiger partial charge >= 0.3 is 0 Å². The third-order valence-electron chi connectivity index (χ3n) is 2.07. The van der Waals surface area contributed by atoms with Crippen molar-refractivity contribution in [2.24, 2.45) is 0 Å². The van der Waals surface area contributed by atoms with Crippen LogP contribution >= 0.6 is 0 Å². The van der Waals surface area contributed by atoms with Gasteiger partial charge in [0.1, 0.15) is 0 Å². The number of nitrogens with one attached hydrogen (secondary N) is 1. The van der Waals surface area contributed by atoms with Crippen molar-refractivity contribution in [3.8, 4) is 0 Å². The Morgan fingerprint density at radius 2 is 2.54 bits per heavy atom. The van der Waals surface area contributed by atoms with Gasteiger partial charge in [-0.15, -0.1) is 0 Å². The standard InChI is InChI=1S/C10H19NO2/c1-8(2)7-13-9(3)10-6-11-4-5-12-10/h9-11H,1,4-7H2,2-3H3. The molecular formula is C10H19NO2. The SMILES string of the molecule is C=C(C)COC(C)C1CNCCO1.